The summed E-state index contributed by atoms with van der Waals surface area (Å²) in [5, 5.41) is 3.33. The maximum absolute atomic E-state index is 5.64. The molecule has 0 spiro atoms. The summed E-state index contributed by atoms with van der Waals surface area (Å²) in [4.78, 5) is 4.33. The van der Waals surface area contributed by atoms with Crippen molar-refractivity contribution in [3.8, 4) is 0 Å². The number of nitrogens with two attached hydrogens (primary N) is 1. The lowest BCUT2D eigenvalue weighted by Gasteiger charge is -2.18. The van der Waals surface area contributed by atoms with Crippen LogP contribution in [0, 0.1) is 0 Å². The van der Waals surface area contributed by atoms with Gasteiger partial charge in [0, 0.05) is 6.54 Å². The first-order chi connectivity index (χ1) is 7.31. The largest absolute Gasteiger partial charge is 0.386 e. The van der Waals surface area contributed by atoms with E-state index < -0.39 is 0 Å². The molecule has 0 atom stereocenters. The van der Waals surface area contributed by atoms with E-state index in [1.54, 1.807) is 0 Å². The van der Waals surface area contributed by atoms with Gasteiger partial charge in [0.05, 0.1) is 11.6 Å². The van der Waals surface area contributed by atoms with Crippen molar-refractivity contribution in [3.05, 3.63) is 29.3 Å². The van der Waals surface area contributed by atoms with Crippen molar-refractivity contribution in [2.75, 3.05) is 12.4 Å². The van der Waals surface area contributed by atoms with E-state index in [1.165, 1.54) is 11.1 Å². The highest BCUT2D eigenvalue weighted by atomic mass is 35.5. The summed E-state index contributed by atoms with van der Waals surface area (Å²) in [6.45, 7) is 1.92. The van der Waals surface area contributed by atoms with E-state index in [4.69, 9.17) is 17.3 Å². The minimum atomic E-state index is 0.280. The number of aliphatic imine (C=N–C) groups is 1. The molecule has 15 heavy (non-hydrogen) atoms. The summed E-state index contributed by atoms with van der Waals surface area (Å²) in [5.41, 5.74) is 9.21. The Labute approximate surface area is 94.3 Å². The van der Waals surface area contributed by atoms with Gasteiger partial charge in [-0.05, 0) is 30.2 Å². The maximum Gasteiger partial charge on any atom is 0.115 e. The number of benzene rings is 1. The molecule has 0 unspecified atom stereocenters. The number of halogens is 1. The van der Waals surface area contributed by atoms with Gasteiger partial charge in [-0.2, -0.15) is 0 Å². The maximum atomic E-state index is 5.64. The fourth-order valence-corrected chi connectivity index (χ4v) is 1.86. The van der Waals surface area contributed by atoms with Gasteiger partial charge in [0.25, 0.3) is 0 Å². The van der Waals surface area contributed by atoms with Gasteiger partial charge >= 0.3 is 0 Å². The van der Waals surface area contributed by atoms with E-state index in [9.17, 15) is 0 Å². The van der Waals surface area contributed by atoms with Crippen molar-refractivity contribution < 1.29 is 0 Å². The van der Waals surface area contributed by atoms with Crippen LogP contribution in [0.2, 0.25) is 0 Å². The Hall–Kier alpha value is -1.06. The minimum Gasteiger partial charge on any atom is -0.386 e. The van der Waals surface area contributed by atoms with E-state index in [2.05, 4.69) is 16.4 Å². The number of hydrogen-bond acceptors (Lipinski definition) is 2. The van der Waals surface area contributed by atoms with Crippen molar-refractivity contribution >= 4 is 23.1 Å². The van der Waals surface area contributed by atoms with Crippen LogP contribution in [0.1, 0.15) is 11.1 Å². The lowest BCUT2D eigenvalue weighted by Crippen LogP contribution is -2.23. The van der Waals surface area contributed by atoms with Gasteiger partial charge in [0.1, 0.15) is 5.84 Å². The third-order valence-electron chi connectivity index (χ3n) is 2.52. The van der Waals surface area contributed by atoms with Crippen LogP contribution in [0.5, 0.6) is 0 Å². The van der Waals surface area contributed by atoms with Gasteiger partial charge < -0.3 is 11.1 Å². The summed E-state index contributed by atoms with van der Waals surface area (Å²) >= 11 is 5.62. The second-order valence-electron chi connectivity index (χ2n) is 3.58. The van der Waals surface area contributed by atoms with E-state index in [1.807, 2.05) is 12.1 Å². The molecule has 0 saturated carbocycles. The number of hydrogen-bond donors (Lipinski definition) is 2. The Kier molecular flexibility index (Phi) is 3.23. The molecule has 0 fully saturated rings. The average molecular weight is 224 g/mol. The van der Waals surface area contributed by atoms with Crippen molar-refractivity contribution in [3.63, 3.8) is 0 Å². The van der Waals surface area contributed by atoms with Crippen molar-refractivity contribution in [2.24, 2.45) is 10.7 Å². The third kappa shape index (κ3) is 2.30. The molecule has 1 aliphatic heterocycles. The Morgan fingerprint density at radius 2 is 2.40 bits per heavy atom. The molecule has 1 aromatic rings. The molecule has 80 valence electrons. The first-order valence-electron chi connectivity index (χ1n) is 5.01. The number of fused-ring (bicyclic) bond motifs is 1. The van der Waals surface area contributed by atoms with Crippen molar-refractivity contribution in [1.82, 2.24) is 5.32 Å². The van der Waals surface area contributed by atoms with E-state index in [0.29, 0.717) is 5.84 Å². The molecule has 0 aliphatic carbocycles. The predicted octanol–water partition coefficient (Wildman–Crippen LogP) is 1.56. The fourth-order valence-electron chi connectivity index (χ4n) is 1.80. The van der Waals surface area contributed by atoms with Crippen LogP contribution in [0.25, 0.3) is 0 Å². The second-order valence-corrected chi connectivity index (χ2v) is 3.85. The monoisotopic (exact) mass is 223 g/mol. The van der Waals surface area contributed by atoms with Gasteiger partial charge in [0.2, 0.25) is 0 Å². The van der Waals surface area contributed by atoms with E-state index >= 15 is 0 Å². The summed E-state index contributed by atoms with van der Waals surface area (Å²) < 4.78 is 0. The molecular formula is C11H14ClN3. The molecule has 1 aliphatic rings. The Balaban J connectivity index is 2.39. The van der Waals surface area contributed by atoms with Crippen LogP contribution < -0.4 is 11.1 Å². The molecule has 3 nitrogen and oxygen atoms in total. The zero-order chi connectivity index (χ0) is 10.7. The first kappa shape index (κ1) is 10.5. The van der Waals surface area contributed by atoms with E-state index in [0.717, 1.165) is 25.2 Å². The molecule has 0 radical (unpaired) electrons. The average Bonchev–Trinajstić information content (AvgIpc) is 2.29. The Morgan fingerprint density at radius 3 is 3.20 bits per heavy atom. The van der Waals surface area contributed by atoms with Gasteiger partial charge in [-0.25, -0.2) is 4.99 Å². The van der Waals surface area contributed by atoms with Crippen molar-refractivity contribution in [2.45, 2.75) is 13.0 Å². The lowest BCUT2D eigenvalue weighted by molar-refractivity contribution is 0.644. The number of rotatable bonds is 2. The number of alkyl halides is 1. The van der Waals surface area contributed by atoms with Crippen LogP contribution in [0.4, 0.5) is 5.69 Å². The zero-order valence-corrected chi connectivity index (χ0v) is 9.22. The van der Waals surface area contributed by atoms with Gasteiger partial charge in [-0.3, -0.25) is 0 Å². The van der Waals surface area contributed by atoms with Gasteiger partial charge in [0.15, 0.2) is 0 Å². The summed E-state index contributed by atoms with van der Waals surface area (Å²) in [6, 6.07) is 6.12. The Morgan fingerprint density at radius 1 is 1.53 bits per heavy atom. The van der Waals surface area contributed by atoms with Crippen LogP contribution in [0.3, 0.4) is 0 Å². The first-order valence-corrected chi connectivity index (χ1v) is 5.55. The molecule has 0 bridgehead atoms. The topological polar surface area (TPSA) is 50.4 Å². The highest BCUT2D eigenvalue weighted by Crippen LogP contribution is 2.25. The smallest absolute Gasteiger partial charge is 0.115 e. The molecule has 3 N–H and O–H groups in total. The molecule has 1 aromatic carbocycles. The quantitative estimate of drug-likeness (QED) is 0.454. The standard InChI is InChI=1S/C11H14ClN3/c12-6-11(13)15-10-3-1-2-8-7-14-5-4-9(8)10/h1-3,14H,4-7H2,(H2,13,15). The number of nitrogens with zero attached hydrogens (tertiary/aromatic N) is 1. The van der Waals surface area contributed by atoms with Crippen LogP contribution >= 0.6 is 11.6 Å². The molecular weight excluding hydrogens is 210 g/mol. The molecule has 4 heteroatoms. The second kappa shape index (κ2) is 4.64. The highest BCUT2D eigenvalue weighted by molar-refractivity contribution is 6.28. The predicted molar refractivity (Wildman–Crippen MR) is 63.9 cm³/mol. The minimum absolute atomic E-state index is 0.280. The molecule has 2 rings (SSSR count). The summed E-state index contributed by atoms with van der Waals surface area (Å²) in [5.74, 6) is 0.755. The van der Waals surface area contributed by atoms with Crippen LogP contribution in [0.15, 0.2) is 23.2 Å². The normalized spacial score (nSPS) is 16.2. The SMILES string of the molecule is NC(CCl)=Nc1cccc2c1CCNC2. The molecule has 0 saturated heterocycles. The summed E-state index contributed by atoms with van der Waals surface area (Å²) in [6.07, 6.45) is 1.00. The zero-order valence-electron chi connectivity index (χ0n) is 8.46. The lowest BCUT2D eigenvalue weighted by atomic mass is 9.99. The summed E-state index contributed by atoms with van der Waals surface area (Å²) in [7, 11) is 0. The molecule has 0 aromatic heterocycles. The number of nitrogens with one attached hydrogen (secondary N) is 1. The van der Waals surface area contributed by atoms with Crippen LogP contribution in [-0.2, 0) is 13.0 Å². The molecule has 1 heterocycles. The Bertz CT molecular complexity index is 387. The van der Waals surface area contributed by atoms with Gasteiger partial charge in [-0.15, -0.1) is 11.6 Å². The van der Waals surface area contributed by atoms with E-state index in [-0.39, 0.29) is 5.88 Å². The van der Waals surface area contributed by atoms with Crippen LogP contribution in [-0.4, -0.2) is 18.3 Å². The highest BCUT2D eigenvalue weighted by Gasteiger charge is 2.11. The fraction of sp³-hybridized carbons (Fsp3) is 0.364. The third-order valence-corrected chi connectivity index (χ3v) is 2.79. The van der Waals surface area contributed by atoms with Gasteiger partial charge in [-0.1, -0.05) is 12.1 Å². The van der Waals surface area contributed by atoms with Crippen molar-refractivity contribution in [1.29, 1.82) is 0 Å². The number of amidine groups is 1. The molecule has 0 amide bonds.